The largest absolute Gasteiger partial charge is 0.494 e. The number of nitrogens with zero attached hydrogens (tertiary/aromatic N) is 4. The van der Waals surface area contributed by atoms with Crippen LogP contribution in [-0.4, -0.2) is 32.1 Å². The van der Waals surface area contributed by atoms with Crippen molar-refractivity contribution in [3.05, 3.63) is 94.7 Å². The zero-order valence-corrected chi connectivity index (χ0v) is 20.0. The van der Waals surface area contributed by atoms with E-state index in [1.54, 1.807) is 49.4 Å². The number of carbonyl (C=O) groups is 1. The van der Waals surface area contributed by atoms with Gasteiger partial charge in [0.2, 0.25) is 11.6 Å². The average Bonchev–Trinajstić information content (AvgIpc) is 3.49. The van der Waals surface area contributed by atoms with E-state index < -0.39 is 29.0 Å². The summed E-state index contributed by atoms with van der Waals surface area (Å²) >= 11 is 5.95. The van der Waals surface area contributed by atoms with Gasteiger partial charge in [-0.05, 0) is 55.0 Å². The van der Waals surface area contributed by atoms with E-state index in [9.17, 15) is 18.0 Å². The second-order valence-corrected chi connectivity index (χ2v) is 8.47. The molecule has 2 aromatic carbocycles. The standard InChI is InChI=1S/C26H18ClF3N4O3/c1-2-36-18-7-8-20-19(13-18)21(22(35)24-32-25(37-33-24)16-9-11-31-12-10-16)23(26(28,29)30)34(20)14-15-3-5-17(27)6-4-15/h3-13H,2,14H2,1H3. The van der Waals surface area contributed by atoms with Gasteiger partial charge in [0.15, 0.2) is 0 Å². The van der Waals surface area contributed by atoms with Gasteiger partial charge in [0.25, 0.3) is 5.89 Å². The first-order valence-electron chi connectivity index (χ1n) is 11.2. The summed E-state index contributed by atoms with van der Waals surface area (Å²) < 4.78 is 55.6. The summed E-state index contributed by atoms with van der Waals surface area (Å²) in [6.07, 6.45) is -1.90. The topological polar surface area (TPSA) is 83.0 Å². The molecule has 188 valence electrons. The van der Waals surface area contributed by atoms with E-state index in [2.05, 4.69) is 15.1 Å². The molecule has 0 saturated carbocycles. The Kier molecular flexibility index (Phi) is 6.43. The normalized spacial score (nSPS) is 11.7. The fraction of sp³-hybridized carbons (Fsp3) is 0.154. The van der Waals surface area contributed by atoms with E-state index in [-0.39, 0.29) is 23.3 Å². The number of aromatic nitrogens is 4. The molecule has 0 aliphatic rings. The first kappa shape index (κ1) is 24.5. The number of hydrogen-bond acceptors (Lipinski definition) is 6. The third-order valence-corrected chi connectivity index (χ3v) is 5.90. The van der Waals surface area contributed by atoms with Crippen molar-refractivity contribution in [3.63, 3.8) is 0 Å². The zero-order chi connectivity index (χ0) is 26.2. The SMILES string of the molecule is CCOc1ccc2c(c1)c(C(=O)c1noc(-c3ccncc3)n1)c(C(F)(F)F)n2Cc1ccc(Cl)cc1. The van der Waals surface area contributed by atoms with Gasteiger partial charge in [0, 0.05) is 40.4 Å². The number of pyridine rings is 1. The van der Waals surface area contributed by atoms with E-state index in [1.165, 1.54) is 24.5 Å². The quantitative estimate of drug-likeness (QED) is 0.227. The van der Waals surface area contributed by atoms with Crippen LogP contribution in [0.15, 0.2) is 71.5 Å². The molecule has 0 unspecified atom stereocenters. The molecule has 5 rings (SSSR count). The van der Waals surface area contributed by atoms with Crippen LogP contribution in [0.4, 0.5) is 13.2 Å². The number of alkyl halides is 3. The van der Waals surface area contributed by atoms with Gasteiger partial charge in [-0.15, -0.1) is 0 Å². The maximum absolute atomic E-state index is 14.6. The van der Waals surface area contributed by atoms with Crippen molar-refractivity contribution in [2.75, 3.05) is 6.61 Å². The van der Waals surface area contributed by atoms with Gasteiger partial charge in [-0.2, -0.15) is 18.2 Å². The van der Waals surface area contributed by atoms with Crippen molar-refractivity contribution in [1.82, 2.24) is 19.7 Å². The second kappa shape index (κ2) is 9.70. The van der Waals surface area contributed by atoms with Crippen molar-refractivity contribution in [2.45, 2.75) is 19.6 Å². The predicted molar refractivity (Wildman–Crippen MR) is 130 cm³/mol. The molecule has 3 aromatic heterocycles. The molecule has 0 saturated heterocycles. The van der Waals surface area contributed by atoms with Crippen LogP contribution in [-0.2, 0) is 12.7 Å². The maximum atomic E-state index is 14.6. The first-order valence-corrected chi connectivity index (χ1v) is 11.5. The number of carbonyl (C=O) groups excluding carboxylic acids is 1. The average molecular weight is 527 g/mol. The van der Waals surface area contributed by atoms with Crippen molar-refractivity contribution >= 4 is 28.3 Å². The van der Waals surface area contributed by atoms with E-state index in [1.807, 2.05) is 0 Å². The van der Waals surface area contributed by atoms with Crippen LogP contribution in [0.1, 0.15) is 34.4 Å². The van der Waals surface area contributed by atoms with Crippen molar-refractivity contribution in [1.29, 1.82) is 0 Å². The van der Waals surface area contributed by atoms with Crippen molar-refractivity contribution in [3.8, 4) is 17.2 Å². The number of benzene rings is 2. The number of ketones is 1. The van der Waals surface area contributed by atoms with Gasteiger partial charge in [-0.25, -0.2) is 0 Å². The molecule has 0 amide bonds. The van der Waals surface area contributed by atoms with Gasteiger partial charge in [0.1, 0.15) is 11.4 Å². The molecule has 0 spiro atoms. The Morgan fingerprint density at radius 2 is 1.81 bits per heavy atom. The highest BCUT2D eigenvalue weighted by molar-refractivity contribution is 6.30. The van der Waals surface area contributed by atoms with Gasteiger partial charge in [-0.1, -0.05) is 28.9 Å². The van der Waals surface area contributed by atoms with Gasteiger partial charge in [-0.3, -0.25) is 9.78 Å². The van der Waals surface area contributed by atoms with E-state index in [0.717, 1.165) is 4.57 Å². The molecule has 0 aliphatic heterocycles. The molecule has 7 nitrogen and oxygen atoms in total. The van der Waals surface area contributed by atoms with Crippen LogP contribution in [0, 0.1) is 0 Å². The lowest BCUT2D eigenvalue weighted by Crippen LogP contribution is -2.19. The Labute approximate surface area is 213 Å². The molecule has 3 heterocycles. The van der Waals surface area contributed by atoms with Gasteiger partial charge in [0.05, 0.1) is 12.2 Å². The van der Waals surface area contributed by atoms with E-state index in [0.29, 0.717) is 28.5 Å². The first-order chi connectivity index (χ1) is 17.8. The van der Waals surface area contributed by atoms with E-state index >= 15 is 0 Å². The number of fused-ring (bicyclic) bond motifs is 1. The molecule has 11 heteroatoms. The summed E-state index contributed by atoms with van der Waals surface area (Å²) in [6.45, 7) is 1.90. The zero-order valence-electron chi connectivity index (χ0n) is 19.3. The molecule has 0 aliphatic carbocycles. The highest BCUT2D eigenvalue weighted by Gasteiger charge is 2.42. The number of rotatable bonds is 7. The third-order valence-electron chi connectivity index (χ3n) is 5.65. The van der Waals surface area contributed by atoms with E-state index in [4.69, 9.17) is 20.9 Å². The number of hydrogen-bond donors (Lipinski definition) is 0. The Balaban J connectivity index is 1.71. The summed E-state index contributed by atoms with van der Waals surface area (Å²) in [5, 5.41) is 4.20. The summed E-state index contributed by atoms with van der Waals surface area (Å²) in [7, 11) is 0. The van der Waals surface area contributed by atoms with Gasteiger partial charge < -0.3 is 13.8 Å². The lowest BCUT2D eigenvalue weighted by Gasteiger charge is -2.14. The van der Waals surface area contributed by atoms with Crippen LogP contribution < -0.4 is 4.74 Å². The summed E-state index contributed by atoms with van der Waals surface area (Å²) in [4.78, 5) is 21.5. The monoisotopic (exact) mass is 526 g/mol. The highest BCUT2D eigenvalue weighted by atomic mass is 35.5. The second-order valence-electron chi connectivity index (χ2n) is 8.03. The minimum atomic E-state index is -4.88. The minimum absolute atomic E-state index is 0.0146. The molecule has 0 radical (unpaired) electrons. The summed E-state index contributed by atoms with van der Waals surface area (Å²) in [6, 6.07) is 14.1. The summed E-state index contributed by atoms with van der Waals surface area (Å²) in [5.41, 5.74) is -0.459. The van der Waals surface area contributed by atoms with Crippen LogP contribution >= 0.6 is 11.6 Å². The van der Waals surface area contributed by atoms with Crippen LogP contribution in [0.3, 0.4) is 0 Å². The van der Waals surface area contributed by atoms with Gasteiger partial charge >= 0.3 is 6.18 Å². The molecule has 37 heavy (non-hydrogen) atoms. The minimum Gasteiger partial charge on any atom is -0.494 e. The smallest absolute Gasteiger partial charge is 0.432 e. The highest BCUT2D eigenvalue weighted by Crippen LogP contribution is 2.41. The number of ether oxygens (including phenoxy) is 1. The van der Waals surface area contributed by atoms with Crippen LogP contribution in [0.2, 0.25) is 5.02 Å². The molecule has 0 fully saturated rings. The number of halogens is 4. The van der Waals surface area contributed by atoms with Crippen molar-refractivity contribution in [2.24, 2.45) is 0 Å². The molecule has 5 aromatic rings. The predicted octanol–water partition coefficient (Wildman–Crippen LogP) is 6.44. The molecule has 0 N–H and O–H groups in total. The van der Waals surface area contributed by atoms with Crippen molar-refractivity contribution < 1.29 is 27.2 Å². The molecule has 0 bridgehead atoms. The molecular weight excluding hydrogens is 509 g/mol. The Bertz CT molecular complexity index is 1580. The lowest BCUT2D eigenvalue weighted by molar-refractivity contribution is -0.143. The van der Waals surface area contributed by atoms with Crippen LogP contribution in [0.5, 0.6) is 5.75 Å². The molecule has 0 atom stereocenters. The third kappa shape index (κ3) is 4.79. The molecular formula is C26H18ClF3N4O3. The Hall–Kier alpha value is -4.18. The Morgan fingerprint density at radius 1 is 1.08 bits per heavy atom. The summed E-state index contributed by atoms with van der Waals surface area (Å²) in [5.74, 6) is -1.21. The fourth-order valence-electron chi connectivity index (χ4n) is 4.09. The lowest BCUT2D eigenvalue weighted by atomic mass is 10.0. The maximum Gasteiger partial charge on any atom is 0.432 e. The fourth-order valence-corrected chi connectivity index (χ4v) is 4.22. The van der Waals surface area contributed by atoms with Crippen LogP contribution in [0.25, 0.3) is 22.4 Å². The Morgan fingerprint density at radius 3 is 2.49 bits per heavy atom.